The van der Waals surface area contributed by atoms with Crippen LogP contribution >= 0.6 is 12.4 Å². The van der Waals surface area contributed by atoms with Crippen LogP contribution in [0.1, 0.15) is 18.4 Å². The molecule has 6 heteroatoms. The number of halogens is 1. The van der Waals surface area contributed by atoms with E-state index in [0.717, 1.165) is 23.4 Å². The van der Waals surface area contributed by atoms with Gasteiger partial charge in [0, 0.05) is 25.4 Å². The van der Waals surface area contributed by atoms with Gasteiger partial charge in [-0.05, 0) is 43.0 Å². The van der Waals surface area contributed by atoms with E-state index in [4.69, 9.17) is 15.2 Å². The maximum absolute atomic E-state index is 12.8. The van der Waals surface area contributed by atoms with Gasteiger partial charge in [-0.25, -0.2) is 0 Å². The molecule has 5 nitrogen and oxygen atoms in total. The minimum absolute atomic E-state index is 0. The van der Waals surface area contributed by atoms with Gasteiger partial charge in [-0.1, -0.05) is 0 Å². The second-order valence-electron chi connectivity index (χ2n) is 5.47. The summed E-state index contributed by atoms with van der Waals surface area (Å²) in [5.41, 5.74) is 7.63. The third kappa shape index (κ3) is 2.86. The quantitative estimate of drug-likeness (QED) is 0.899. The maximum atomic E-state index is 12.8. The van der Waals surface area contributed by atoms with E-state index in [-0.39, 0.29) is 18.3 Å². The summed E-state index contributed by atoms with van der Waals surface area (Å²) in [4.78, 5) is 14.6. The molecule has 2 N–H and O–H groups in total. The molecule has 2 heterocycles. The molecule has 0 saturated carbocycles. The van der Waals surface area contributed by atoms with Gasteiger partial charge in [-0.15, -0.1) is 12.4 Å². The molecule has 0 bridgehead atoms. The molecule has 0 atom stereocenters. The molecule has 0 spiro atoms. The summed E-state index contributed by atoms with van der Waals surface area (Å²) >= 11 is 0. The molecule has 1 saturated heterocycles. The maximum Gasteiger partial charge on any atom is 0.247 e. The van der Waals surface area contributed by atoms with Gasteiger partial charge < -0.3 is 20.1 Å². The number of hydrogen-bond donors (Lipinski definition) is 1. The first-order valence-corrected chi connectivity index (χ1v) is 6.99. The fourth-order valence-corrected chi connectivity index (χ4v) is 2.93. The third-order valence-corrected chi connectivity index (χ3v) is 4.24. The van der Waals surface area contributed by atoms with Gasteiger partial charge in [-0.2, -0.15) is 0 Å². The van der Waals surface area contributed by atoms with Crippen molar-refractivity contribution in [2.75, 3.05) is 31.8 Å². The number of hydrogen-bond acceptors (Lipinski definition) is 4. The smallest absolute Gasteiger partial charge is 0.247 e. The number of anilines is 1. The van der Waals surface area contributed by atoms with Crippen molar-refractivity contribution in [1.82, 2.24) is 0 Å². The van der Waals surface area contributed by atoms with Crippen LogP contribution in [-0.4, -0.2) is 38.3 Å². The molecule has 2 aliphatic rings. The van der Waals surface area contributed by atoms with Crippen molar-refractivity contribution < 1.29 is 14.3 Å². The predicted molar refractivity (Wildman–Crippen MR) is 83.3 cm³/mol. The lowest BCUT2D eigenvalue weighted by atomic mass is 9.89. The van der Waals surface area contributed by atoms with Crippen molar-refractivity contribution in [1.29, 1.82) is 0 Å². The van der Waals surface area contributed by atoms with E-state index < -0.39 is 5.54 Å². The second-order valence-corrected chi connectivity index (χ2v) is 5.47. The van der Waals surface area contributed by atoms with Gasteiger partial charge in [0.05, 0.1) is 7.11 Å². The second kappa shape index (κ2) is 6.22. The lowest BCUT2D eigenvalue weighted by Crippen LogP contribution is -2.58. The highest BCUT2D eigenvalue weighted by molar-refractivity contribution is 6.01. The number of rotatable bonds is 2. The van der Waals surface area contributed by atoms with Crippen molar-refractivity contribution in [3.63, 3.8) is 0 Å². The van der Waals surface area contributed by atoms with E-state index >= 15 is 0 Å². The Morgan fingerprint density at radius 1 is 1.38 bits per heavy atom. The molecule has 1 aromatic rings. The van der Waals surface area contributed by atoms with Gasteiger partial charge in [-0.3, -0.25) is 4.79 Å². The van der Waals surface area contributed by atoms with Gasteiger partial charge >= 0.3 is 0 Å². The largest absolute Gasteiger partial charge is 0.497 e. The van der Waals surface area contributed by atoms with Crippen molar-refractivity contribution in [2.24, 2.45) is 5.73 Å². The van der Waals surface area contributed by atoms with E-state index in [9.17, 15) is 4.79 Å². The Balaban J connectivity index is 0.00000161. The summed E-state index contributed by atoms with van der Waals surface area (Å²) in [6.07, 6.45) is 2.03. The van der Waals surface area contributed by atoms with Crippen LogP contribution in [0, 0.1) is 0 Å². The lowest BCUT2D eigenvalue weighted by molar-refractivity contribution is -0.126. The number of fused-ring (bicyclic) bond motifs is 1. The highest BCUT2D eigenvalue weighted by atomic mass is 35.5. The molecule has 0 radical (unpaired) electrons. The first kappa shape index (κ1) is 16.1. The Morgan fingerprint density at radius 3 is 2.76 bits per heavy atom. The fraction of sp³-hybridized carbons (Fsp3) is 0.533. The molecule has 3 rings (SSSR count). The van der Waals surface area contributed by atoms with Crippen LogP contribution < -0.4 is 15.4 Å². The summed E-state index contributed by atoms with van der Waals surface area (Å²) in [6.45, 7) is 1.82. The number of methoxy groups -OCH3 is 1. The number of ether oxygens (including phenoxy) is 2. The molecule has 1 aromatic carbocycles. The van der Waals surface area contributed by atoms with Crippen molar-refractivity contribution in [3.05, 3.63) is 23.8 Å². The van der Waals surface area contributed by atoms with Gasteiger partial charge in [0.25, 0.3) is 0 Å². The molecular formula is C15H21ClN2O3. The lowest BCUT2D eigenvalue weighted by Gasteiger charge is -2.35. The van der Waals surface area contributed by atoms with Crippen LogP contribution in [0.25, 0.3) is 0 Å². The minimum atomic E-state index is -0.778. The highest BCUT2D eigenvalue weighted by Gasteiger charge is 2.41. The third-order valence-electron chi connectivity index (χ3n) is 4.24. The standard InChI is InChI=1S/C15H20N2O3.ClH/c1-19-12-2-3-13-11(10-12)4-7-17(13)14(18)15(16)5-8-20-9-6-15;/h2-3,10H,4-9,16H2,1H3;1H. The highest BCUT2D eigenvalue weighted by Crippen LogP contribution is 2.34. The van der Waals surface area contributed by atoms with E-state index in [0.29, 0.717) is 32.6 Å². The average Bonchev–Trinajstić information content (AvgIpc) is 2.89. The first-order valence-electron chi connectivity index (χ1n) is 6.99. The zero-order valence-corrected chi connectivity index (χ0v) is 12.9. The number of nitrogens with zero attached hydrogens (tertiary/aromatic N) is 1. The van der Waals surface area contributed by atoms with E-state index in [1.165, 1.54) is 0 Å². The Labute approximate surface area is 130 Å². The number of carbonyl (C=O) groups is 1. The van der Waals surface area contributed by atoms with Crippen molar-refractivity contribution in [3.8, 4) is 5.75 Å². The SMILES string of the molecule is COc1ccc2c(c1)CCN2C(=O)C1(N)CCOCC1.Cl. The molecule has 0 unspecified atom stereocenters. The van der Waals surface area contributed by atoms with E-state index in [2.05, 4.69) is 0 Å². The topological polar surface area (TPSA) is 64.8 Å². The number of amides is 1. The monoisotopic (exact) mass is 312 g/mol. The van der Waals surface area contributed by atoms with Crippen LogP contribution in [0.3, 0.4) is 0 Å². The Hall–Kier alpha value is -1.30. The van der Waals surface area contributed by atoms with Crippen LogP contribution in [-0.2, 0) is 16.0 Å². The predicted octanol–water partition coefficient (Wildman–Crippen LogP) is 1.51. The van der Waals surface area contributed by atoms with Crippen LogP contribution in [0.15, 0.2) is 18.2 Å². The van der Waals surface area contributed by atoms with Crippen molar-refractivity contribution in [2.45, 2.75) is 24.8 Å². The van der Waals surface area contributed by atoms with Crippen LogP contribution in [0.2, 0.25) is 0 Å². The zero-order valence-electron chi connectivity index (χ0n) is 12.1. The zero-order chi connectivity index (χ0) is 14.2. The minimum Gasteiger partial charge on any atom is -0.497 e. The summed E-state index contributed by atoms with van der Waals surface area (Å²) in [5, 5.41) is 0. The Morgan fingerprint density at radius 2 is 2.10 bits per heavy atom. The molecule has 21 heavy (non-hydrogen) atoms. The average molecular weight is 313 g/mol. The molecule has 2 aliphatic heterocycles. The molecule has 0 aliphatic carbocycles. The van der Waals surface area contributed by atoms with Crippen molar-refractivity contribution >= 4 is 24.0 Å². The summed E-state index contributed by atoms with van der Waals surface area (Å²) in [7, 11) is 1.65. The van der Waals surface area contributed by atoms with Gasteiger partial charge in [0.2, 0.25) is 5.91 Å². The normalized spacial score (nSPS) is 19.6. The number of nitrogens with two attached hydrogens (primary N) is 1. The molecule has 0 aromatic heterocycles. The summed E-state index contributed by atoms with van der Waals surface area (Å²) < 4.78 is 10.5. The van der Waals surface area contributed by atoms with E-state index in [1.54, 1.807) is 7.11 Å². The van der Waals surface area contributed by atoms with Gasteiger partial charge in [0.1, 0.15) is 11.3 Å². The Kier molecular flexibility index (Phi) is 4.76. The summed E-state index contributed by atoms with van der Waals surface area (Å²) in [5.74, 6) is 0.844. The first-order chi connectivity index (χ1) is 9.64. The fourth-order valence-electron chi connectivity index (χ4n) is 2.93. The number of carbonyl (C=O) groups excluding carboxylic acids is 1. The molecule has 116 valence electrons. The Bertz CT molecular complexity index is 530. The van der Waals surface area contributed by atoms with Gasteiger partial charge in [0.15, 0.2) is 0 Å². The van der Waals surface area contributed by atoms with E-state index in [1.807, 2.05) is 23.1 Å². The number of benzene rings is 1. The van der Waals surface area contributed by atoms with Crippen LogP contribution in [0.5, 0.6) is 5.75 Å². The molecule has 1 amide bonds. The molecular weight excluding hydrogens is 292 g/mol. The molecule has 1 fully saturated rings. The van der Waals surface area contributed by atoms with Crippen LogP contribution in [0.4, 0.5) is 5.69 Å². The summed E-state index contributed by atoms with van der Waals surface area (Å²) in [6, 6.07) is 5.83.